The highest BCUT2D eigenvalue weighted by Crippen LogP contribution is 2.30. The Bertz CT molecular complexity index is 873. The van der Waals surface area contributed by atoms with Crippen LogP contribution in [-0.4, -0.2) is 20.7 Å². The Morgan fingerprint density at radius 3 is 2.52 bits per heavy atom. The molecule has 3 aromatic rings. The number of benzene rings is 1. The number of amides is 1. The molecule has 0 saturated carbocycles. The molecule has 130 valence electrons. The Balaban J connectivity index is 1.89. The number of carbonyl (C=O) groups is 1. The van der Waals surface area contributed by atoms with Crippen LogP contribution in [0.2, 0.25) is 0 Å². The highest BCUT2D eigenvalue weighted by Gasteiger charge is 2.34. The van der Waals surface area contributed by atoms with Crippen LogP contribution in [0.1, 0.15) is 11.4 Å². The lowest BCUT2D eigenvalue weighted by molar-refractivity contribution is -0.141. The van der Waals surface area contributed by atoms with E-state index in [2.05, 4.69) is 10.1 Å². The summed E-state index contributed by atoms with van der Waals surface area (Å²) in [7, 11) is 0. The smallest absolute Gasteiger partial charge is 0.272 e. The van der Waals surface area contributed by atoms with E-state index in [1.54, 1.807) is 36.6 Å². The number of carbonyl (C=O) groups excluding carboxylic acids is 1. The number of aryl methyl sites for hydroxylation is 1. The molecule has 5 nitrogen and oxygen atoms in total. The highest BCUT2D eigenvalue weighted by atomic mass is 32.1. The largest absolute Gasteiger partial charge is 0.435 e. The number of anilines is 2. The maximum absolute atomic E-state index is 12.7. The van der Waals surface area contributed by atoms with Crippen molar-refractivity contribution in [3.63, 3.8) is 0 Å². The molecule has 0 aliphatic rings. The molecule has 0 bridgehead atoms. The topological polar surface area (TPSA) is 51.0 Å². The summed E-state index contributed by atoms with van der Waals surface area (Å²) in [4.78, 5) is 18.4. The van der Waals surface area contributed by atoms with E-state index in [1.807, 2.05) is 6.07 Å². The van der Waals surface area contributed by atoms with E-state index in [4.69, 9.17) is 0 Å². The molecule has 9 heteroatoms. The molecule has 1 aromatic carbocycles. The van der Waals surface area contributed by atoms with Crippen molar-refractivity contribution < 1.29 is 18.0 Å². The number of thiazole rings is 1. The van der Waals surface area contributed by atoms with Gasteiger partial charge in [0.1, 0.15) is 6.54 Å². The number of nitrogens with zero attached hydrogens (tertiary/aromatic N) is 4. The molecule has 0 aliphatic heterocycles. The summed E-state index contributed by atoms with van der Waals surface area (Å²) in [5, 5.41) is 5.68. The standard InChI is InChI=1S/C16H13F3N4OS/c1-11-10-25-15(20-11)23(12-5-3-2-4-6-12)14(24)9-22-8-7-13(21-22)16(17,18)19/h2-8,10H,9H2,1H3. The molecule has 0 unspecified atom stereocenters. The molecule has 0 N–H and O–H groups in total. The molecular weight excluding hydrogens is 353 g/mol. The summed E-state index contributed by atoms with van der Waals surface area (Å²) in [5.74, 6) is -0.433. The highest BCUT2D eigenvalue weighted by molar-refractivity contribution is 7.14. The first-order chi connectivity index (χ1) is 11.8. The van der Waals surface area contributed by atoms with Gasteiger partial charge in [-0.3, -0.25) is 14.4 Å². The van der Waals surface area contributed by atoms with Gasteiger partial charge in [0.25, 0.3) is 5.91 Å². The summed E-state index contributed by atoms with van der Waals surface area (Å²) in [6.07, 6.45) is -3.41. The van der Waals surface area contributed by atoms with Crippen molar-refractivity contribution in [2.45, 2.75) is 19.6 Å². The van der Waals surface area contributed by atoms with E-state index < -0.39 is 17.8 Å². The maximum atomic E-state index is 12.7. The van der Waals surface area contributed by atoms with Crippen LogP contribution in [-0.2, 0) is 17.5 Å². The molecule has 0 fully saturated rings. The SMILES string of the molecule is Cc1csc(N(C(=O)Cn2ccc(C(F)(F)F)n2)c2ccccc2)n1. The van der Waals surface area contributed by atoms with Crippen LogP contribution in [0.25, 0.3) is 0 Å². The van der Waals surface area contributed by atoms with Gasteiger partial charge >= 0.3 is 6.18 Å². The van der Waals surface area contributed by atoms with E-state index in [0.717, 1.165) is 22.6 Å². The zero-order valence-corrected chi connectivity index (χ0v) is 13.9. The number of rotatable bonds is 4. The molecule has 0 atom stereocenters. The van der Waals surface area contributed by atoms with Crippen LogP contribution in [0.3, 0.4) is 0 Å². The van der Waals surface area contributed by atoms with Crippen LogP contribution in [0.15, 0.2) is 48.0 Å². The number of aromatic nitrogens is 3. The first-order valence-corrected chi connectivity index (χ1v) is 8.13. The van der Waals surface area contributed by atoms with E-state index >= 15 is 0 Å². The van der Waals surface area contributed by atoms with Crippen molar-refractivity contribution in [1.82, 2.24) is 14.8 Å². The third-order valence-corrected chi connectivity index (χ3v) is 4.23. The van der Waals surface area contributed by atoms with Gasteiger partial charge in [0.2, 0.25) is 0 Å². The predicted molar refractivity (Wildman–Crippen MR) is 87.7 cm³/mol. The molecule has 2 aromatic heterocycles. The number of hydrogen-bond acceptors (Lipinski definition) is 4. The van der Waals surface area contributed by atoms with Crippen LogP contribution < -0.4 is 4.90 Å². The van der Waals surface area contributed by atoms with Gasteiger partial charge < -0.3 is 0 Å². The molecule has 0 aliphatic carbocycles. The molecule has 3 rings (SSSR count). The molecule has 0 saturated heterocycles. The fourth-order valence-corrected chi connectivity index (χ4v) is 3.03. The number of alkyl halides is 3. The van der Waals surface area contributed by atoms with Crippen LogP contribution in [0.4, 0.5) is 24.0 Å². The zero-order valence-electron chi connectivity index (χ0n) is 13.1. The summed E-state index contributed by atoms with van der Waals surface area (Å²) < 4.78 is 38.9. The monoisotopic (exact) mass is 366 g/mol. The van der Waals surface area contributed by atoms with Gasteiger partial charge in [0, 0.05) is 11.6 Å². The van der Waals surface area contributed by atoms with Gasteiger partial charge in [-0.1, -0.05) is 18.2 Å². The predicted octanol–water partition coefficient (Wildman–Crippen LogP) is 4.03. The van der Waals surface area contributed by atoms with Crippen LogP contribution in [0.5, 0.6) is 0 Å². The fraction of sp³-hybridized carbons (Fsp3) is 0.188. The Kier molecular flexibility index (Phi) is 4.58. The van der Waals surface area contributed by atoms with Crippen LogP contribution >= 0.6 is 11.3 Å². The third kappa shape index (κ3) is 3.87. The average Bonchev–Trinajstić information content (AvgIpc) is 3.18. The summed E-state index contributed by atoms with van der Waals surface area (Å²) >= 11 is 1.29. The molecule has 1 amide bonds. The second-order valence-corrected chi connectivity index (χ2v) is 6.07. The number of halogens is 3. The van der Waals surface area contributed by atoms with Crippen molar-refractivity contribution in [1.29, 1.82) is 0 Å². The molecular formula is C16H13F3N4OS. The van der Waals surface area contributed by atoms with E-state index in [1.165, 1.54) is 16.2 Å². The summed E-state index contributed by atoms with van der Waals surface area (Å²) in [6, 6.07) is 9.66. The van der Waals surface area contributed by atoms with Gasteiger partial charge in [-0.25, -0.2) is 4.98 Å². The summed E-state index contributed by atoms with van der Waals surface area (Å²) in [5.41, 5.74) is 0.314. The Hall–Kier alpha value is -2.68. The first kappa shape index (κ1) is 17.2. The van der Waals surface area contributed by atoms with Gasteiger partial charge in [-0.2, -0.15) is 18.3 Å². The van der Waals surface area contributed by atoms with Gasteiger partial charge in [-0.05, 0) is 25.1 Å². The van der Waals surface area contributed by atoms with Crippen molar-refractivity contribution in [3.05, 3.63) is 59.4 Å². The minimum atomic E-state index is -4.54. The second-order valence-electron chi connectivity index (χ2n) is 5.23. The van der Waals surface area contributed by atoms with E-state index in [-0.39, 0.29) is 6.54 Å². The maximum Gasteiger partial charge on any atom is 0.435 e. The van der Waals surface area contributed by atoms with E-state index in [9.17, 15) is 18.0 Å². The molecule has 25 heavy (non-hydrogen) atoms. The Labute approximate surface area is 145 Å². The van der Waals surface area contributed by atoms with Crippen molar-refractivity contribution in [2.24, 2.45) is 0 Å². The first-order valence-electron chi connectivity index (χ1n) is 7.25. The second kappa shape index (κ2) is 6.67. The fourth-order valence-electron chi connectivity index (χ4n) is 2.19. The lowest BCUT2D eigenvalue weighted by atomic mass is 10.3. The van der Waals surface area contributed by atoms with Crippen molar-refractivity contribution >= 4 is 28.1 Å². The number of hydrogen-bond donors (Lipinski definition) is 0. The van der Waals surface area contributed by atoms with Crippen LogP contribution in [0, 0.1) is 6.92 Å². The molecule has 0 spiro atoms. The zero-order chi connectivity index (χ0) is 18.0. The summed E-state index contributed by atoms with van der Waals surface area (Å²) in [6.45, 7) is 1.47. The Morgan fingerprint density at radius 2 is 1.96 bits per heavy atom. The average molecular weight is 366 g/mol. The van der Waals surface area contributed by atoms with Crippen molar-refractivity contribution in [2.75, 3.05) is 4.90 Å². The van der Waals surface area contributed by atoms with Gasteiger partial charge in [0.05, 0.1) is 11.4 Å². The van der Waals surface area contributed by atoms with E-state index in [0.29, 0.717) is 10.8 Å². The minimum absolute atomic E-state index is 0.330. The quantitative estimate of drug-likeness (QED) is 0.700. The number of para-hydroxylation sites is 1. The normalized spacial score (nSPS) is 11.5. The molecule has 0 radical (unpaired) electrons. The lowest BCUT2D eigenvalue weighted by Gasteiger charge is -2.20. The molecule has 2 heterocycles. The van der Waals surface area contributed by atoms with Gasteiger partial charge in [0.15, 0.2) is 10.8 Å². The van der Waals surface area contributed by atoms with Gasteiger partial charge in [-0.15, -0.1) is 11.3 Å². The minimum Gasteiger partial charge on any atom is -0.272 e. The third-order valence-electron chi connectivity index (χ3n) is 3.29. The lowest BCUT2D eigenvalue weighted by Crippen LogP contribution is -2.30. The Morgan fingerprint density at radius 1 is 1.24 bits per heavy atom. The van der Waals surface area contributed by atoms with Crippen molar-refractivity contribution in [3.8, 4) is 0 Å².